The molecule has 8 heteroatoms. The van der Waals surface area contributed by atoms with E-state index in [-0.39, 0.29) is 11.0 Å². The van der Waals surface area contributed by atoms with Crippen molar-refractivity contribution in [2.75, 3.05) is 7.11 Å². The Labute approximate surface area is 150 Å². The van der Waals surface area contributed by atoms with Gasteiger partial charge in [-0.2, -0.15) is 0 Å². The van der Waals surface area contributed by atoms with Gasteiger partial charge in [0.15, 0.2) is 5.58 Å². The molecule has 0 saturated heterocycles. The summed E-state index contributed by atoms with van der Waals surface area (Å²) in [6.07, 6.45) is 0.981. The van der Waals surface area contributed by atoms with Crippen LogP contribution in [0.3, 0.4) is 0 Å². The van der Waals surface area contributed by atoms with Crippen molar-refractivity contribution < 1.29 is 22.4 Å². The quantitative estimate of drug-likeness (QED) is 0.753. The molecule has 2 aromatic carbocycles. The molecular weight excluding hydrogens is 356 g/mol. The van der Waals surface area contributed by atoms with E-state index < -0.39 is 10.0 Å². The van der Waals surface area contributed by atoms with Crippen LogP contribution in [0.15, 0.2) is 39.8 Å². The van der Waals surface area contributed by atoms with Crippen LogP contribution in [0.2, 0.25) is 0 Å². The Morgan fingerprint density at radius 2 is 2.12 bits per heavy atom. The first-order valence-electron chi connectivity index (χ1n) is 8.19. The number of nitrogens with two attached hydrogens (primary N) is 1. The van der Waals surface area contributed by atoms with E-state index in [0.717, 1.165) is 28.6 Å². The lowest BCUT2D eigenvalue weighted by atomic mass is 10.0. The average Bonchev–Trinajstić information content (AvgIpc) is 3.22. The SMILES string of the molecule is CCc1noc2cc(OC)c(C3Cc4cc(S(N)(=O)=O)ccc4O3)cc12. The number of benzene rings is 2. The second-order valence-corrected chi connectivity index (χ2v) is 7.76. The lowest BCUT2D eigenvalue weighted by molar-refractivity contribution is 0.232. The molecular formula is C18H18N2O5S. The van der Waals surface area contributed by atoms with Crippen LogP contribution >= 0.6 is 0 Å². The highest BCUT2D eigenvalue weighted by Gasteiger charge is 2.29. The van der Waals surface area contributed by atoms with Gasteiger partial charge in [0, 0.05) is 23.4 Å². The van der Waals surface area contributed by atoms with E-state index in [9.17, 15) is 8.42 Å². The third-order valence-electron chi connectivity index (χ3n) is 4.61. The number of aromatic nitrogens is 1. The van der Waals surface area contributed by atoms with Crippen LogP contribution in [-0.4, -0.2) is 20.7 Å². The molecule has 1 aliphatic rings. The Bertz CT molecular complexity index is 1100. The minimum absolute atomic E-state index is 0.0789. The molecule has 0 bridgehead atoms. The molecule has 2 N–H and O–H groups in total. The number of aryl methyl sites for hydroxylation is 1. The second-order valence-electron chi connectivity index (χ2n) is 6.20. The topological polar surface area (TPSA) is 105 Å². The molecule has 1 atom stereocenters. The maximum Gasteiger partial charge on any atom is 0.238 e. The van der Waals surface area contributed by atoms with Gasteiger partial charge in [0.2, 0.25) is 10.0 Å². The van der Waals surface area contributed by atoms with Gasteiger partial charge in [-0.25, -0.2) is 13.6 Å². The number of methoxy groups -OCH3 is 1. The molecule has 4 rings (SSSR count). The molecule has 136 valence electrons. The van der Waals surface area contributed by atoms with Crippen LogP contribution in [0.5, 0.6) is 11.5 Å². The van der Waals surface area contributed by atoms with Gasteiger partial charge in [0.05, 0.1) is 17.7 Å². The van der Waals surface area contributed by atoms with Crippen LogP contribution in [0.1, 0.15) is 29.8 Å². The van der Waals surface area contributed by atoms with E-state index in [2.05, 4.69) is 5.16 Å². The van der Waals surface area contributed by atoms with Crippen molar-refractivity contribution in [3.63, 3.8) is 0 Å². The standard InChI is InChI=1S/C18H18N2O5S/c1-3-14-12-8-13(16(23-2)9-18(12)25-20-14)17-7-10-6-11(26(19,21)22)4-5-15(10)24-17/h4-6,8-9,17H,3,7H2,1-2H3,(H2,19,21,22). The minimum atomic E-state index is -3.75. The molecule has 0 aliphatic carbocycles. The monoisotopic (exact) mass is 374 g/mol. The number of rotatable bonds is 4. The lowest BCUT2D eigenvalue weighted by Crippen LogP contribution is -2.12. The smallest absolute Gasteiger partial charge is 0.238 e. The maximum atomic E-state index is 11.6. The summed E-state index contributed by atoms with van der Waals surface area (Å²) >= 11 is 0. The number of fused-ring (bicyclic) bond motifs is 2. The fraction of sp³-hybridized carbons (Fsp3) is 0.278. The Morgan fingerprint density at radius 1 is 1.31 bits per heavy atom. The Hall–Kier alpha value is -2.58. The number of ether oxygens (including phenoxy) is 2. The van der Waals surface area contributed by atoms with Gasteiger partial charge in [0.25, 0.3) is 0 Å². The molecule has 1 unspecified atom stereocenters. The summed E-state index contributed by atoms with van der Waals surface area (Å²) in [5, 5.41) is 10.2. The summed E-state index contributed by atoms with van der Waals surface area (Å²) in [5.41, 5.74) is 3.20. The Balaban J connectivity index is 1.76. The highest BCUT2D eigenvalue weighted by atomic mass is 32.2. The average molecular weight is 374 g/mol. The summed E-state index contributed by atoms with van der Waals surface area (Å²) in [6.45, 7) is 2.01. The fourth-order valence-electron chi connectivity index (χ4n) is 3.29. The van der Waals surface area contributed by atoms with E-state index in [1.165, 1.54) is 6.07 Å². The van der Waals surface area contributed by atoms with Crippen molar-refractivity contribution in [1.29, 1.82) is 0 Å². The van der Waals surface area contributed by atoms with Gasteiger partial charge >= 0.3 is 0 Å². The fourth-order valence-corrected chi connectivity index (χ4v) is 3.86. The van der Waals surface area contributed by atoms with E-state index in [0.29, 0.717) is 23.5 Å². The van der Waals surface area contributed by atoms with Crippen molar-refractivity contribution in [2.24, 2.45) is 5.14 Å². The zero-order valence-electron chi connectivity index (χ0n) is 14.4. The van der Waals surface area contributed by atoms with Crippen LogP contribution in [0.4, 0.5) is 0 Å². The second kappa shape index (κ2) is 6.00. The van der Waals surface area contributed by atoms with Gasteiger partial charge in [0.1, 0.15) is 17.6 Å². The van der Waals surface area contributed by atoms with Crippen molar-refractivity contribution in [3.8, 4) is 11.5 Å². The predicted molar refractivity (Wildman–Crippen MR) is 94.8 cm³/mol. The van der Waals surface area contributed by atoms with E-state index in [1.54, 1.807) is 25.3 Å². The first kappa shape index (κ1) is 16.9. The zero-order valence-corrected chi connectivity index (χ0v) is 15.2. The summed E-state index contributed by atoms with van der Waals surface area (Å²) < 4.78 is 40.0. The number of primary sulfonamides is 1. The molecule has 3 aromatic rings. The van der Waals surface area contributed by atoms with Crippen molar-refractivity contribution >= 4 is 21.0 Å². The molecule has 1 aliphatic heterocycles. The van der Waals surface area contributed by atoms with Crippen LogP contribution < -0.4 is 14.6 Å². The van der Waals surface area contributed by atoms with Crippen molar-refractivity contribution in [1.82, 2.24) is 5.16 Å². The van der Waals surface area contributed by atoms with Crippen LogP contribution in [-0.2, 0) is 22.9 Å². The highest BCUT2D eigenvalue weighted by Crippen LogP contribution is 2.42. The molecule has 7 nitrogen and oxygen atoms in total. The highest BCUT2D eigenvalue weighted by molar-refractivity contribution is 7.89. The van der Waals surface area contributed by atoms with Crippen LogP contribution in [0, 0.1) is 0 Å². The largest absolute Gasteiger partial charge is 0.496 e. The molecule has 1 aromatic heterocycles. The minimum Gasteiger partial charge on any atom is -0.496 e. The zero-order chi connectivity index (χ0) is 18.5. The van der Waals surface area contributed by atoms with Gasteiger partial charge in [-0.3, -0.25) is 0 Å². The number of nitrogens with zero attached hydrogens (tertiary/aromatic N) is 1. The molecule has 26 heavy (non-hydrogen) atoms. The van der Waals surface area contributed by atoms with Gasteiger partial charge in [-0.1, -0.05) is 12.1 Å². The van der Waals surface area contributed by atoms with Crippen molar-refractivity contribution in [3.05, 3.63) is 47.2 Å². The molecule has 0 spiro atoms. The van der Waals surface area contributed by atoms with E-state index in [4.69, 9.17) is 19.1 Å². The summed E-state index contributed by atoms with van der Waals surface area (Å²) in [5.74, 6) is 1.28. The summed E-state index contributed by atoms with van der Waals surface area (Å²) in [7, 11) is -2.16. The Kier molecular flexibility index (Phi) is 3.89. The van der Waals surface area contributed by atoms with E-state index in [1.807, 2.05) is 13.0 Å². The summed E-state index contributed by atoms with van der Waals surface area (Å²) in [4.78, 5) is 0.0789. The molecule has 0 amide bonds. The lowest BCUT2D eigenvalue weighted by Gasteiger charge is -2.15. The van der Waals surface area contributed by atoms with Gasteiger partial charge < -0.3 is 14.0 Å². The normalized spacial score (nSPS) is 16.5. The molecule has 2 heterocycles. The maximum absolute atomic E-state index is 11.6. The molecule has 0 saturated carbocycles. The first-order chi connectivity index (χ1) is 12.4. The van der Waals surface area contributed by atoms with Crippen LogP contribution in [0.25, 0.3) is 11.0 Å². The number of sulfonamides is 1. The third-order valence-corrected chi connectivity index (χ3v) is 5.52. The van der Waals surface area contributed by atoms with Gasteiger partial charge in [-0.15, -0.1) is 0 Å². The predicted octanol–water partition coefficient (Wildman–Crippen LogP) is 2.72. The molecule has 0 radical (unpaired) electrons. The van der Waals surface area contributed by atoms with Crippen molar-refractivity contribution in [2.45, 2.75) is 30.8 Å². The number of hydrogen-bond donors (Lipinski definition) is 1. The van der Waals surface area contributed by atoms with Gasteiger partial charge in [-0.05, 0) is 36.2 Å². The summed E-state index contributed by atoms with van der Waals surface area (Å²) in [6, 6.07) is 8.43. The number of hydrogen-bond acceptors (Lipinski definition) is 6. The molecule has 0 fully saturated rings. The first-order valence-corrected chi connectivity index (χ1v) is 9.74. The Morgan fingerprint density at radius 3 is 2.81 bits per heavy atom. The third kappa shape index (κ3) is 2.71. The van der Waals surface area contributed by atoms with E-state index >= 15 is 0 Å².